The average molecular weight is 1210 g/mol. The van der Waals surface area contributed by atoms with Crippen LogP contribution in [0, 0.1) is 0 Å². The van der Waals surface area contributed by atoms with Crippen LogP contribution in [0.2, 0.25) is 0 Å². The summed E-state index contributed by atoms with van der Waals surface area (Å²) >= 11 is -0.346. The molecule has 2 heterocycles. The number of halogens is 2. The Hall–Kier alpha value is 0.172. The number of nitrogens with zero attached hydrogens (tertiary/aromatic N) is 2. The molecular weight excluding hydrogens is 1130 g/mol. The van der Waals surface area contributed by atoms with Gasteiger partial charge in [0.25, 0.3) is 0 Å². The summed E-state index contributed by atoms with van der Waals surface area (Å²) in [6.07, 6.45) is 49.3. The van der Waals surface area contributed by atoms with E-state index in [-0.39, 0.29) is 65.1 Å². The molecule has 10 heteroatoms. The zero-order valence-electron chi connectivity index (χ0n) is 42.5. The van der Waals surface area contributed by atoms with Gasteiger partial charge in [0.1, 0.15) is 0 Å². The van der Waals surface area contributed by atoms with Gasteiger partial charge < -0.3 is 10.6 Å². The molecular formula is C60H89Cl2Fe2N2P3Ru-2. The largest absolute Gasteiger partial charge is 0.213 e. The molecule has 394 valence electrons. The summed E-state index contributed by atoms with van der Waals surface area (Å²) < 4.78 is 0. The molecule has 1 saturated heterocycles. The van der Waals surface area contributed by atoms with Crippen LogP contribution in [0.4, 0.5) is 0 Å². The maximum absolute atomic E-state index is 4.85. The average Bonchev–Trinajstić information content (AvgIpc) is 4.30. The van der Waals surface area contributed by atoms with Crippen LogP contribution in [0.5, 0.6) is 0 Å². The fourth-order valence-electron chi connectivity index (χ4n) is 12.4. The SMILES string of the molecule is C1=CC[N-]C=C1.C1CC[N-]CC1.[Cl][Ru+2][Cl].[Fe].[Fe].c1cc[c-](P(C2CCCCC2)C2CCCCC2)c1.c1cc[c-]([PH+](C2CCCCC2)C2CCCCC2)c1.c1cc[c-]([PH+]([c-]2cccc2)C2CCCCC2)c1. The Morgan fingerprint density at radius 1 is 0.429 bits per heavy atom. The van der Waals surface area contributed by atoms with E-state index in [0.29, 0.717) is 0 Å². The summed E-state index contributed by atoms with van der Waals surface area (Å²) in [5.41, 5.74) is 5.25. The topological polar surface area (TPSA) is 28.2 Å². The monoisotopic (exact) mass is 1210 g/mol. The van der Waals surface area contributed by atoms with E-state index in [4.69, 9.17) is 19.4 Å². The molecule has 0 atom stereocenters. The van der Waals surface area contributed by atoms with Gasteiger partial charge in [0.2, 0.25) is 0 Å². The second kappa shape index (κ2) is 39.5. The molecule has 5 aliphatic carbocycles. The molecule has 0 aromatic heterocycles. The van der Waals surface area contributed by atoms with Gasteiger partial charge in [-0.05, 0) is 146 Å². The van der Waals surface area contributed by atoms with Gasteiger partial charge >= 0.3 is 34.5 Å². The molecule has 2 nitrogen and oxygen atoms in total. The zero-order chi connectivity index (χ0) is 47.1. The van der Waals surface area contributed by atoms with Crippen LogP contribution in [-0.2, 0) is 49.3 Å². The first-order valence-corrected chi connectivity index (χ1v) is 36.8. The third-order valence-corrected chi connectivity index (χ3v) is 26.4. The Kier molecular flexibility index (Phi) is 35.4. The Bertz CT molecular complexity index is 1620. The van der Waals surface area contributed by atoms with Crippen molar-refractivity contribution in [1.29, 1.82) is 0 Å². The van der Waals surface area contributed by atoms with E-state index in [2.05, 4.69) is 108 Å². The van der Waals surface area contributed by atoms with Crippen LogP contribution in [0.1, 0.15) is 180 Å². The third kappa shape index (κ3) is 22.8. The van der Waals surface area contributed by atoms with Crippen molar-refractivity contribution < 1.29 is 49.3 Å². The molecule has 0 spiro atoms. The summed E-state index contributed by atoms with van der Waals surface area (Å²) in [6.45, 7) is 3.11. The van der Waals surface area contributed by atoms with Crippen molar-refractivity contribution >= 4 is 64.4 Å². The van der Waals surface area contributed by atoms with Crippen LogP contribution in [0.3, 0.4) is 0 Å². The van der Waals surface area contributed by atoms with Gasteiger partial charge in [0.15, 0.2) is 0 Å². The second-order valence-corrected chi connectivity index (χ2v) is 31.8. The van der Waals surface area contributed by atoms with Gasteiger partial charge in [-0.2, -0.15) is 18.3 Å². The van der Waals surface area contributed by atoms with Crippen LogP contribution < -0.4 is 21.2 Å². The van der Waals surface area contributed by atoms with Crippen molar-refractivity contribution in [1.82, 2.24) is 0 Å². The fourth-order valence-corrected chi connectivity index (χ4v) is 23.8. The molecule has 6 fully saturated rings. The summed E-state index contributed by atoms with van der Waals surface area (Å²) in [5.74, 6) is 0. The van der Waals surface area contributed by atoms with Crippen LogP contribution in [0.15, 0.2) is 121 Å². The maximum atomic E-state index is 4.85. The molecule has 70 heavy (non-hydrogen) atoms. The number of allylic oxidation sites excluding steroid dienone is 2. The van der Waals surface area contributed by atoms with Gasteiger partial charge in [-0.3, -0.25) is 0 Å². The summed E-state index contributed by atoms with van der Waals surface area (Å²) in [5, 5.41) is 14.8. The van der Waals surface area contributed by atoms with E-state index in [9.17, 15) is 0 Å². The fraction of sp³-hybridized carbons (Fsp3) is 0.600. The van der Waals surface area contributed by atoms with Crippen molar-refractivity contribution in [2.45, 2.75) is 208 Å². The molecule has 4 aromatic rings. The van der Waals surface area contributed by atoms with Gasteiger partial charge in [0, 0.05) is 34.1 Å². The van der Waals surface area contributed by atoms with E-state index in [1.54, 1.807) is 27.4 Å². The van der Waals surface area contributed by atoms with E-state index in [1.807, 2.05) is 18.2 Å². The van der Waals surface area contributed by atoms with Crippen LogP contribution in [0.25, 0.3) is 10.6 Å². The van der Waals surface area contributed by atoms with E-state index in [0.717, 1.165) is 47.9 Å². The Morgan fingerprint density at radius 3 is 1.10 bits per heavy atom. The van der Waals surface area contributed by atoms with E-state index in [1.165, 1.54) is 180 Å². The van der Waals surface area contributed by atoms with Crippen LogP contribution in [-0.4, -0.2) is 47.9 Å². The predicted octanol–water partition coefficient (Wildman–Crippen LogP) is 18.1. The summed E-state index contributed by atoms with van der Waals surface area (Å²) in [6, 6.07) is 37.0. The number of hydrogen-bond acceptors (Lipinski definition) is 0. The quantitative estimate of drug-likeness (QED) is 0.0908. The number of piperidine rings is 1. The molecule has 4 aromatic carbocycles. The van der Waals surface area contributed by atoms with Crippen molar-refractivity contribution in [3.63, 3.8) is 0 Å². The normalized spacial score (nSPS) is 20.2. The minimum Gasteiger partial charge on any atom is -0.213 e. The first kappa shape index (κ1) is 62.7. The molecule has 0 amide bonds. The summed E-state index contributed by atoms with van der Waals surface area (Å²) in [7, 11) is 9.06. The molecule has 0 unspecified atom stereocenters. The minimum atomic E-state index is -0.514. The number of hydrogen-bond donors (Lipinski definition) is 0. The molecule has 7 aliphatic rings. The smallest absolute Gasteiger partial charge is 0.0625 e. The Morgan fingerprint density at radius 2 is 0.786 bits per heavy atom. The predicted molar refractivity (Wildman–Crippen MR) is 310 cm³/mol. The van der Waals surface area contributed by atoms with Crippen molar-refractivity contribution in [2.24, 2.45) is 0 Å². The molecule has 0 N–H and O–H groups in total. The first-order valence-electron chi connectivity index (χ1n) is 27.6. The van der Waals surface area contributed by atoms with Gasteiger partial charge in [0.05, 0.1) is 17.0 Å². The van der Waals surface area contributed by atoms with Gasteiger partial charge in [-0.15, -0.1) is 75.3 Å². The molecule has 2 aliphatic heterocycles. The zero-order valence-corrected chi connectivity index (χ0v) is 50.9. The molecule has 0 bridgehead atoms. The third-order valence-electron chi connectivity index (χ3n) is 15.7. The Balaban J connectivity index is 0.000000196. The standard InChI is InChI=1S/C17H27P.C17H26P.C16H20P.C5H10N.C5H6N.2ClH.2Fe.Ru/c2*1-3-9-15(10-4-1)18(17-13-7-8-14-17)16-11-5-2-6-12-16;1-2-8-14(9-3-1)17(15-10-4-5-11-15)16-12-6-7-13-16;2*1-2-4-6-5-3-1;;;;;/h7-8,13-16,18H,1-6,9-12H2;7-8,13-16H,1-6,9-12H2;4-7,10-14,17H,1-3,8-9H2;1-5H2;1-4H,5H2;2*1H;;;/q;4*-1;;;;;+4/p-2. The number of rotatable bonds is 9. The molecule has 5 saturated carbocycles. The van der Waals surface area contributed by atoms with Crippen LogP contribution >= 0.6 is 43.1 Å². The maximum Gasteiger partial charge on any atom is 0.0625 e. The van der Waals surface area contributed by atoms with Crippen molar-refractivity contribution in [2.75, 3.05) is 19.6 Å². The minimum absolute atomic E-state index is 0. The first-order chi connectivity index (χ1) is 33.8. The van der Waals surface area contributed by atoms with E-state index < -0.39 is 7.92 Å². The molecule has 0 radical (unpaired) electrons. The van der Waals surface area contributed by atoms with Gasteiger partial charge in [-0.25, -0.2) is 48.5 Å². The second-order valence-electron chi connectivity index (χ2n) is 20.4. The van der Waals surface area contributed by atoms with E-state index >= 15 is 0 Å². The molecule has 11 rings (SSSR count). The van der Waals surface area contributed by atoms with Crippen molar-refractivity contribution in [3.8, 4) is 0 Å². The summed E-state index contributed by atoms with van der Waals surface area (Å²) in [4.78, 5) is 0. The Labute approximate surface area is 469 Å². The van der Waals surface area contributed by atoms with Crippen molar-refractivity contribution in [3.05, 3.63) is 132 Å². The van der Waals surface area contributed by atoms with Gasteiger partial charge in [-0.1, -0.05) is 89.2 Å².